The van der Waals surface area contributed by atoms with Crippen LogP contribution in [0.4, 0.5) is 0 Å². The van der Waals surface area contributed by atoms with Crippen molar-refractivity contribution in [3.05, 3.63) is 45.0 Å². The summed E-state index contributed by atoms with van der Waals surface area (Å²) in [5.41, 5.74) is -1.25. The summed E-state index contributed by atoms with van der Waals surface area (Å²) >= 11 is 5.04. The third-order valence-electron chi connectivity index (χ3n) is 4.25. The molecule has 1 fully saturated rings. The van der Waals surface area contributed by atoms with E-state index in [1.165, 1.54) is 30.0 Å². The Hall–Kier alpha value is -0.940. The van der Waals surface area contributed by atoms with Crippen LogP contribution in [0.2, 0.25) is 0 Å². The van der Waals surface area contributed by atoms with Crippen molar-refractivity contribution < 1.29 is 33.0 Å². The minimum Gasteiger partial charge on any atom is -0.377 e. The van der Waals surface area contributed by atoms with E-state index in [-0.39, 0.29) is 6.42 Å². The topological polar surface area (TPSA) is 160 Å². The lowest BCUT2D eigenvalue weighted by molar-refractivity contribution is -0.0161. The summed E-state index contributed by atoms with van der Waals surface area (Å²) in [6, 6.07) is 0.510. The molecule has 1 heterocycles. The maximum Gasteiger partial charge on any atom is 0.348 e. The summed E-state index contributed by atoms with van der Waals surface area (Å²) in [6.45, 7) is -0.380. The molecule has 1 aromatic heterocycles. The van der Waals surface area contributed by atoms with Gasteiger partial charge in [0.05, 0.1) is 12.1 Å². The smallest absolute Gasteiger partial charge is 0.348 e. The molecule has 0 spiro atoms. The molecule has 29 heavy (non-hydrogen) atoms. The molecule has 0 aromatic carbocycles. The summed E-state index contributed by atoms with van der Waals surface area (Å²) < 4.78 is 28.9. The van der Waals surface area contributed by atoms with Crippen LogP contribution < -0.4 is 11.2 Å². The third kappa shape index (κ3) is 6.78. The van der Waals surface area contributed by atoms with Gasteiger partial charge in [0, 0.05) is 31.1 Å². The van der Waals surface area contributed by atoms with Crippen molar-refractivity contribution in [1.29, 1.82) is 0 Å². The van der Waals surface area contributed by atoms with Gasteiger partial charge in [0.15, 0.2) is 0 Å². The van der Waals surface area contributed by atoms with E-state index in [1.807, 2.05) is 0 Å². The number of aromatic nitrogens is 2. The van der Waals surface area contributed by atoms with Crippen molar-refractivity contribution in [1.82, 2.24) is 9.55 Å². The zero-order valence-electron chi connectivity index (χ0n) is 15.9. The second-order valence-electron chi connectivity index (χ2n) is 6.81. The van der Waals surface area contributed by atoms with Crippen LogP contribution in [0.25, 0.3) is 0 Å². The van der Waals surface area contributed by atoms with E-state index >= 15 is 0 Å². The zero-order valence-corrected chi connectivity index (χ0v) is 18.5. The maximum absolute atomic E-state index is 12.2. The predicted octanol–water partition coefficient (Wildman–Crippen LogP) is 0.831. The largest absolute Gasteiger partial charge is 0.377 e. The van der Waals surface area contributed by atoms with E-state index in [0.29, 0.717) is 0 Å². The van der Waals surface area contributed by atoms with Crippen molar-refractivity contribution in [3.8, 4) is 0 Å². The van der Waals surface area contributed by atoms with E-state index in [2.05, 4.69) is 4.98 Å². The predicted molar refractivity (Wildman–Crippen MR) is 108 cm³/mol. The second kappa shape index (κ2) is 9.47. The first kappa shape index (κ1) is 24.3. The maximum atomic E-state index is 12.2. The molecule has 0 bridgehead atoms. The Labute approximate surface area is 171 Å². The molecule has 5 atom stereocenters. The van der Waals surface area contributed by atoms with Gasteiger partial charge >= 0.3 is 20.0 Å². The number of nitrogens with one attached hydrogen (secondary N) is 1. The number of methoxy groups -OCH3 is 1. The molecule has 0 aliphatic heterocycles. The Kier molecular flexibility index (Phi) is 7.94. The van der Waals surface area contributed by atoms with Crippen LogP contribution in [0.15, 0.2) is 33.7 Å². The summed E-state index contributed by atoms with van der Waals surface area (Å²) in [7, 11) is -3.09. The first-order valence-electron chi connectivity index (χ1n) is 8.61. The lowest BCUT2D eigenvalue weighted by Gasteiger charge is -2.29. The quantitative estimate of drug-likeness (QED) is 0.401. The van der Waals surface area contributed by atoms with Crippen molar-refractivity contribution in [2.24, 2.45) is 5.92 Å². The van der Waals surface area contributed by atoms with Crippen LogP contribution in [0.5, 0.6) is 0 Å². The Balaban J connectivity index is 2.45. The minimum absolute atomic E-state index is 0.169. The Morgan fingerprint density at radius 2 is 1.97 bits per heavy atom. The van der Waals surface area contributed by atoms with Gasteiger partial charge in [-0.1, -0.05) is 6.08 Å². The highest BCUT2D eigenvalue weighted by molar-refractivity contribution is 8.07. The molecule has 0 amide bonds. The van der Waals surface area contributed by atoms with Gasteiger partial charge in [-0.05, 0) is 32.1 Å². The molecule has 164 valence electrons. The minimum atomic E-state index is -4.46. The molecule has 2 rings (SSSR count). The van der Waals surface area contributed by atoms with E-state index in [1.54, 1.807) is 13.8 Å². The monoisotopic (exact) mass is 470 g/mol. The number of nitrogens with zero attached hydrogens (tertiary/aromatic N) is 1. The Bertz CT molecular complexity index is 954. The number of rotatable bonds is 8. The van der Waals surface area contributed by atoms with Gasteiger partial charge in [-0.15, -0.1) is 0 Å². The van der Waals surface area contributed by atoms with Crippen LogP contribution in [0, 0.1) is 5.92 Å². The second-order valence-corrected chi connectivity index (χ2v) is 11.0. The molecule has 0 radical (unpaired) electrons. The van der Waals surface area contributed by atoms with Crippen LogP contribution >= 0.6 is 14.3 Å². The number of ether oxygens (including phenoxy) is 1. The molecular weight excluding hydrogens is 446 g/mol. The summed E-state index contributed by atoms with van der Waals surface area (Å²) in [5.74, 6) is 0.0600. The fourth-order valence-corrected chi connectivity index (χ4v) is 5.68. The van der Waals surface area contributed by atoms with Gasteiger partial charge in [0.2, 0.25) is 0 Å². The average Bonchev–Trinajstić information content (AvgIpc) is 2.87. The van der Waals surface area contributed by atoms with Gasteiger partial charge in [-0.2, -0.15) is 0 Å². The highest BCUT2D eigenvalue weighted by atomic mass is 32.5. The molecule has 0 saturated heterocycles. The lowest BCUT2D eigenvalue weighted by atomic mass is 10.1. The highest BCUT2D eigenvalue weighted by Gasteiger charge is 2.47. The molecule has 4 N–H and O–H groups in total. The molecule has 1 saturated carbocycles. The van der Waals surface area contributed by atoms with Gasteiger partial charge < -0.3 is 28.5 Å². The average molecular weight is 470 g/mol. The molecule has 14 heteroatoms. The first-order valence-corrected chi connectivity index (χ1v) is 12.9. The highest BCUT2D eigenvalue weighted by Crippen LogP contribution is 2.52. The lowest BCUT2D eigenvalue weighted by Crippen LogP contribution is -2.38. The van der Waals surface area contributed by atoms with Crippen molar-refractivity contribution in [3.63, 3.8) is 0 Å². The van der Waals surface area contributed by atoms with Crippen molar-refractivity contribution >= 4 is 26.1 Å². The number of aromatic amines is 1. The summed E-state index contributed by atoms with van der Waals surface area (Å²) in [6.07, 6.45) is 0.511. The summed E-state index contributed by atoms with van der Waals surface area (Å²) in [5, 5.41) is 0. The molecule has 1 aliphatic carbocycles. The molecule has 11 nitrogen and oxygen atoms in total. The van der Waals surface area contributed by atoms with Crippen molar-refractivity contribution in [2.75, 3.05) is 7.11 Å². The first-order chi connectivity index (χ1) is 13.3. The standard InChI is InChI=1S/C15H24N2O9P2S/c1-9(2)25-28(23,29)26-13-10(5-7-27(20,21)22)8-11(14(13)24-3)17-6-4-12(18)16-15(17)19/h4-7,9-11,13-14H,8H2,1-3H3,(H,23,29)(H,16,18,19)(H2,20,21,22)/b7-5+/t10-,11?,13+,14-,28?/m0/s1. The summed E-state index contributed by atoms with van der Waals surface area (Å²) in [4.78, 5) is 54.5. The van der Waals surface area contributed by atoms with E-state index < -0.39 is 55.8 Å². The van der Waals surface area contributed by atoms with Gasteiger partial charge in [0.1, 0.15) is 12.2 Å². The van der Waals surface area contributed by atoms with Gasteiger partial charge in [-0.25, -0.2) is 4.79 Å². The molecule has 1 aliphatic rings. The van der Waals surface area contributed by atoms with E-state index in [9.17, 15) is 19.0 Å². The number of hydrogen-bond acceptors (Lipinski definition) is 7. The van der Waals surface area contributed by atoms with E-state index in [0.717, 1.165) is 5.82 Å². The number of H-pyrrole nitrogens is 1. The SMILES string of the molecule is CO[C@H]1C(n2ccc(=O)[nH]c2=O)C[C@H](/C=C/P(=O)(O)O)[C@H]1OP(O)(=S)OC(C)C. The molecular formula is C15H24N2O9P2S. The van der Waals surface area contributed by atoms with Gasteiger partial charge in [0.25, 0.3) is 5.56 Å². The Morgan fingerprint density at radius 3 is 2.48 bits per heavy atom. The third-order valence-corrected chi connectivity index (χ3v) is 6.52. The number of hydrogen-bond donors (Lipinski definition) is 4. The van der Waals surface area contributed by atoms with Crippen LogP contribution in [-0.2, 0) is 30.2 Å². The fraction of sp³-hybridized carbons (Fsp3) is 0.600. The Morgan fingerprint density at radius 1 is 1.31 bits per heavy atom. The van der Waals surface area contributed by atoms with Crippen molar-refractivity contribution in [2.45, 2.75) is 44.6 Å². The molecule has 2 unspecified atom stereocenters. The zero-order chi connectivity index (χ0) is 22.0. The normalized spacial score (nSPS) is 27.6. The van der Waals surface area contributed by atoms with E-state index in [4.69, 9.17) is 35.4 Å². The van der Waals surface area contributed by atoms with Crippen LogP contribution in [-0.4, -0.2) is 49.7 Å². The van der Waals surface area contributed by atoms with Gasteiger partial charge in [-0.3, -0.25) is 18.9 Å². The van der Waals surface area contributed by atoms with Crippen LogP contribution in [0.3, 0.4) is 0 Å². The van der Waals surface area contributed by atoms with Crippen LogP contribution in [0.1, 0.15) is 26.3 Å². The molecule has 1 aromatic rings. The fourth-order valence-electron chi connectivity index (χ4n) is 3.26.